The molecule has 0 fully saturated rings. The fourth-order valence-corrected chi connectivity index (χ4v) is 0.910. The van der Waals surface area contributed by atoms with Crippen LogP contribution < -0.4 is 11.3 Å². The SMILES string of the molecule is CCc1nc(N)[nH]c(=O)c1C#N. The topological polar surface area (TPSA) is 95.6 Å². The van der Waals surface area contributed by atoms with E-state index in [1.54, 1.807) is 6.07 Å². The fourth-order valence-electron chi connectivity index (χ4n) is 0.910. The van der Waals surface area contributed by atoms with Crippen molar-refractivity contribution in [3.05, 3.63) is 21.6 Å². The molecule has 1 aromatic rings. The van der Waals surface area contributed by atoms with E-state index in [1.807, 2.05) is 6.92 Å². The van der Waals surface area contributed by atoms with Crippen molar-refractivity contribution in [2.75, 3.05) is 5.73 Å². The summed E-state index contributed by atoms with van der Waals surface area (Å²) in [5, 5.41) is 8.57. The van der Waals surface area contributed by atoms with Crippen molar-refractivity contribution in [3.8, 4) is 6.07 Å². The summed E-state index contributed by atoms with van der Waals surface area (Å²) in [5.41, 5.74) is 5.30. The summed E-state index contributed by atoms with van der Waals surface area (Å²) < 4.78 is 0. The molecular weight excluding hydrogens is 156 g/mol. The summed E-state index contributed by atoms with van der Waals surface area (Å²) >= 11 is 0. The van der Waals surface area contributed by atoms with Crippen molar-refractivity contribution in [1.29, 1.82) is 5.26 Å². The van der Waals surface area contributed by atoms with E-state index in [9.17, 15) is 4.79 Å². The second-order valence-corrected chi connectivity index (χ2v) is 2.24. The molecule has 0 spiro atoms. The summed E-state index contributed by atoms with van der Waals surface area (Å²) in [6.07, 6.45) is 0.525. The lowest BCUT2D eigenvalue weighted by atomic mass is 10.2. The molecule has 1 aromatic heterocycles. The maximum Gasteiger partial charge on any atom is 0.270 e. The van der Waals surface area contributed by atoms with Crippen LogP contribution >= 0.6 is 0 Å². The number of aryl methyl sites for hydroxylation is 1. The zero-order valence-corrected chi connectivity index (χ0v) is 6.59. The van der Waals surface area contributed by atoms with E-state index in [-0.39, 0.29) is 11.5 Å². The molecule has 0 aliphatic heterocycles. The number of hydrogen-bond donors (Lipinski definition) is 2. The van der Waals surface area contributed by atoms with Gasteiger partial charge in [0, 0.05) is 0 Å². The number of hydrogen-bond acceptors (Lipinski definition) is 4. The van der Waals surface area contributed by atoms with Crippen LogP contribution in [0.4, 0.5) is 5.95 Å². The van der Waals surface area contributed by atoms with Crippen LogP contribution in [0.5, 0.6) is 0 Å². The van der Waals surface area contributed by atoms with Gasteiger partial charge in [-0.1, -0.05) is 6.92 Å². The Morgan fingerprint density at radius 3 is 2.92 bits per heavy atom. The number of nitrogens with one attached hydrogen (secondary N) is 1. The van der Waals surface area contributed by atoms with Crippen molar-refractivity contribution in [2.45, 2.75) is 13.3 Å². The summed E-state index contributed by atoms with van der Waals surface area (Å²) in [6.45, 7) is 1.81. The van der Waals surface area contributed by atoms with Gasteiger partial charge in [-0.3, -0.25) is 9.78 Å². The Morgan fingerprint density at radius 2 is 2.42 bits per heavy atom. The van der Waals surface area contributed by atoms with Crippen molar-refractivity contribution < 1.29 is 0 Å². The average molecular weight is 164 g/mol. The smallest absolute Gasteiger partial charge is 0.270 e. The zero-order chi connectivity index (χ0) is 9.14. The summed E-state index contributed by atoms with van der Waals surface area (Å²) in [5.74, 6) is 0.0517. The molecule has 62 valence electrons. The Balaban J connectivity index is 3.47. The van der Waals surface area contributed by atoms with Crippen molar-refractivity contribution >= 4 is 5.95 Å². The third-order valence-corrected chi connectivity index (χ3v) is 1.46. The first-order valence-corrected chi connectivity index (χ1v) is 3.47. The molecule has 0 aliphatic carbocycles. The highest BCUT2D eigenvalue weighted by Crippen LogP contribution is 2.00. The Labute approximate surface area is 68.9 Å². The molecule has 3 N–H and O–H groups in total. The third-order valence-electron chi connectivity index (χ3n) is 1.46. The maximum atomic E-state index is 11.1. The van der Waals surface area contributed by atoms with Gasteiger partial charge < -0.3 is 5.73 Å². The molecule has 0 saturated heterocycles. The summed E-state index contributed by atoms with van der Waals surface area (Å²) in [7, 11) is 0. The predicted molar refractivity (Wildman–Crippen MR) is 43.4 cm³/mol. The normalized spacial score (nSPS) is 9.33. The van der Waals surface area contributed by atoms with Gasteiger partial charge in [0.1, 0.15) is 11.6 Å². The molecule has 12 heavy (non-hydrogen) atoms. The minimum absolute atomic E-state index is 0.0479. The lowest BCUT2D eigenvalue weighted by molar-refractivity contribution is 0.977. The zero-order valence-electron chi connectivity index (χ0n) is 6.59. The van der Waals surface area contributed by atoms with E-state index in [0.717, 1.165) is 0 Å². The minimum Gasteiger partial charge on any atom is -0.369 e. The number of nitrogens with two attached hydrogens (primary N) is 1. The van der Waals surface area contributed by atoms with Gasteiger partial charge in [0.2, 0.25) is 5.95 Å². The number of H-pyrrole nitrogens is 1. The number of aromatic nitrogens is 2. The lowest BCUT2D eigenvalue weighted by Gasteiger charge is -1.98. The van der Waals surface area contributed by atoms with Gasteiger partial charge in [0.05, 0.1) is 5.69 Å². The molecular formula is C7H8N4O. The van der Waals surface area contributed by atoms with Gasteiger partial charge in [-0.25, -0.2) is 4.98 Å². The van der Waals surface area contributed by atoms with Gasteiger partial charge in [-0.2, -0.15) is 5.26 Å². The molecule has 0 aromatic carbocycles. The van der Waals surface area contributed by atoms with Crippen LogP contribution in [0, 0.1) is 11.3 Å². The number of anilines is 1. The summed E-state index contributed by atoms with van der Waals surface area (Å²) in [4.78, 5) is 17.1. The largest absolute Gasteiger partial charge is 0.369 e. The second kappa shape index (κ2) is 3.05. The van der Waals surface area contributed by atoms with Gasteiger partial charge in [-0.15, -0.1) is 0 Å². The molecule has 1 heterocycles. The van der Waals surface area contributed by atoms with Crippen molar-refractivity contribution in [1.82, 2.24) is 9.97 Å². The van der Waals surface area contributed by atoms with E-state index in [4.69, 9.17) is 11.0 Å². The first-order valence-electron chi connectivity index (χ1n) is 3.47. The summed E-state index contributed by atoms with van der Waals surface area (Å²) in [6, 6.07) is 1.78. The highest BCUT2D eigenvalue weighted by Gasteiger charge is 2.06. The van der Waals surface area contributed by atoms with Crippen LogP contribution in [-0.4, -0.2) is 9.97 Å². The number of aromatic amines is 1. The number of nitrogens with zero attached hydrogens (tertiary/aromatic N) is 2. The monoisotopic (exact) mass is 164 g/mol. The van der Waals surface area contributed by atoms with Crippen molar-refractivity contribution in [3.63, 3.8) is 0 Å². The van der Waals surface area contributed by atoms with Crippen LogP contribution in [0.2, 0.25) is 0 Å². The highest BCUT2D eigenvalue weighted by molar-refractivity contribution is 5.34. The molecule has 0 atom stereocenters. The fraction of sp³-hybridized carbons (Fsp3) is 0.286. The molecule has 0 bridgehead atoms. The number of nitriles is 1. The number of nitrogen functional groups attached to an aromatic ring is 1. The highest BCUT2D eigenvalue weighted by atomic mass is 16.1. The molecule has 0 aliphatic rings. The first kappa shape index (κ1) is 8.27. The van der Waals surface area contributed by atoms with Gasteiger partial charge in [0.25, 0.3) is 5.56 Å². The minimum atomic E-state index is -0.471. The van der Waals surface area contributed by atoms with E-state index in [1.165, 1.54) is 0 Å². The molecule has 0 radical (unpaired) electrons. The molecule has 1 rings (SSSR count). The Bertz CT molecular complexity index is 387. The van der Waals surface area contributed by atoms with Crippen LogP contribution in [0.15, 0.2) is 4.79 Å². The molecule has 5 heteroatoms. The lowest BCUT2D eigenvalue weighted by Crippen LogP contribution is -2.17. The Hall–Kier alpha value is -1.83. The van der Waals surface area contributed by atoms with E-state index in [0.29, 0.717) is 12.1 Å². The molecule has 0 amide bonds. The predicted octanol–water partition coefficient (Wildman–Crippen LogP) is -0.214. The van der Waals surface area contributed by atoms with E-state index >= 15 is 0 Å². The Morgan fingerprint density at radius 1 is 1.75 bits per heavy atom. The van der Waals surface area contributed by atoms with E-state index < -0.39 is 5.56 Å². The van der Waals surface area contributed by atoms with Crippen LogP contribution in [0.25, 0.3) is 0 Å². The third kappa shape index (κ3) is 1.27. The van der Waals surface area contributed by atoms with Crippen LogP contribution in [0.1, 0.15) is 18.2 Å². The number of rotatable bonds is 1. The molecule has 0 unspecified atom stereocenters. The standard InChI is InChI=1S/C7H8N4O/c1-2-5-4(3-8)6(12)11-7(9)10-5/h2H2,1H3,(H3,9,10,11,12). The van der Waals surface area contributed by atoms with Gasteiger partial charge >= 0.3 is 0 Å². The maximum absolute atomic E-state index is 11.1. The average Bonchev–Trinajstić information content (AvgIpc) is 2.03. The van der Waals surface area contributed by atoms with Crippen LogP contribution in [-0.2, 0) is 6.42 Å². The molecule has 0 saturated carbocycles. The Kier molecular flexibility index (Phi) is 2.10. The molecule has 5 nitrogen and oxygen atoms in total. The van der Waals surface area contributed by atoms with E-state index in [2.05, 4.69) is 9.97 Å². The van der Waals surface area contributed by atoms with Crippen LogP contribution in [0.3, 0.4) is 0 Å². The van der Waals surface area contributed by atoms with Crippen molar-refractivity contribution in [2.24, 2.45) is 0 Å². The van der Waals surface area contributed by atoms with Gasteiger partial charge in [-0.05, 0) is 6.42 Å². The second-order valence-electron chi connectivity index (χ2n) is 2.24. The van der Waals surface area contributed by atoms with Gasteiger partial charge in [0.15, 0.2) is 0 Å². The quantitative estimate of drug-likeness (QED) is 0.600. The first-order chi connectivity index (χ1) is 5.69.